The molecule has 1 amide bonds. The highest BCUT2D eigenvalue weighted by molar-refractivity contribution is 5.84. The maximum atomic E-state index is 11.3. The molecule has 0 saturated carbocycles. The molecule has 1 aliphatic rings. The predicted molar refractivity (Wildman–Crippen MR) is 62.7 cm³/mol. The predicted octanol–water partition coefficient (Wildman–Crippen LogP) is -0.579. The van der Waals surface area contributed by atoms with Gasteiger partial charge in [-0.3, -0.25) is 14.9 Å². The third-order valence-electron chi connectivity index (χ3n) is 2.82. The van der Waals surface area contributed by atoms with Crippen LogP contribution in [0.4, 0.5) is 17.5 Å². The molecule has 96 valence electrons. The second kappa shape index (κ2) is 4.43. The van der Waals surface area contributed by atoms with Crippen LogP contribution >= 0.6 is 0 Å². The number of carbonyl (C=O) groups excluding carboxylic acids is 1. The summed E-state index contributed by atoms with van der Waals surface area (Å²) in [6.07, 6.45) is 2.30. The Kier molecular flexibility index (Phi) is 2.96. The van der Waals surface area contributed by atoms with Crippen LogP contribution in [0.25, 0.3) is 0 Å². The Morgan fingerprint density at radius 3 is 2.94 bits per heavy atom. The molecular weight excluding hydrogens is 240 g/mol. The van der Waals surface area contributed by atoms with Crippen molar-refractivity contribution in [1.82, 2.24) is 9.97 Å². The molecule has 2 rings (SSSR count). The van der Waals surface area contributed by atoms with E-state index in [0.717, 1.165) is 6.20 Å². The van der Waals surface area contributed by atoms with Crippen molar-refractivity contribution in [2.24, 2.45) is 5.73 Å². The number of nitro groups is 1. The first kappa shape index (κ1) is 12.0. The molecule has 0 aromatic carbocycles. The van der Waals surface area contributed by atoms with Crippen LogP contribution in [-0.4, -0.2) is 33.4 Å². The summed E-state index contributed by atoms with van der Waals surface area (Å²) in [4.78, 5) is 30.5. The first-order valence-electron chi connectivity index (χ1n) is 5.33. The number of rotatable bonds is 3. The maximum Gasteiger partial charge on any atom is 0.329 e. The number of carbonyl (C=O) groups is 1. The van der Waals surface area contributed by atoms with Gasteiger partial charge in [-0.15, -0.1) is 0 Å². The Hall–Kier alpha value is -2.45. The van der Waals surface area contributed by atoms with E-state index in [1.807, 2.05) is 0 Å². The van der Waals surface area contributed by atoms with Crippen molar-refractivity contribution in [3.8, 4) is 0 Å². The van der Waals surface area contributed by atoms with E-state index in [0.29, 0.717) is 19.4 Å². The van der Waals surface area contributed by atoms with Crippen molar-refractivity contribution in [1.29, 1.82) is 0 Å². The Morgan fingerprint density at radius 2 is 2.33 bits per heavy atom. The van der Waals surface area contributed by atoms with Crippen molar-refractivity contribution in [3.05, 3.63) is 16.3 Å². The standard InChI is InChI=1S/C9H12N6O3/c10-7(16)5-2-1-3-14(5)8-6(15(17)18)4-12-9(11)13-8/h4-5H,1-3H2,(H2,10,16)(H2,11,12,13). The lowest BCUT2D eigenvalue weighted by Gasteiger charge is -2.22. The number of nitrogen functional groups attached to an aromatic ring is 1. The molecule has 4 N–H and O–H groups in total. The van der Waals surface area contributed by atoms with Gasteiger partial charge in [0.05, 0.1) is 4.92 Å². The third kappa shape index (κ3) is 2.01. The van der Waals surface area contributed by atoms with E-state index >= 15 is 0 Å². The van der Waals surface area contributed by atoms with E-state index in [9.17, 15) is 14.9 Å². The minimum atomic E-state index is -0.606. The van der Waals surface area contributed by atoms with Crippen LogP contribution < -0.4 is 16.4 Å². The van der Waals surface area contributed by atoms with Crippen LogP contribution in [0.1, 0.15) is 12.8 Å². The summed E-state index contributed by atoms with van der Waals surface area (Å²) in [6, 6.07) is -0.585. The second-order valence-electron chi connectivity index (χ2n) is 3.95. The number of hydrogen-bond donors (Lipinski definition) is 2. The zero-order valence-electron chi connectivity index (χ0n) is 9.44. The van der Waals surface area contributed by atoms with Gasteiger partial charge in [0.15, 0.2) is 0 Å². The molecule has 1 aromatic heterocycles. The van der Waals surface area contributed by atoms with Crippen molar-refractivity contribution in [2.45, 2.75) is 18.9 Å². The zero-order chi connectivity index (χ0) is 13.3. The van der Waals surface area contributed by atoms with Crippen molar-refractivity contribution >= 4 is 23.4 Å². The number of aromatic nitrogens is 2. The fraction of sp³-hybridized carbons (Fsp3) is 0.444. The van der Waals surface area contributed by atoms with Gasteiger partial charge < -0.3 is 16.4 Å². The summed E-state index contributed by atoms with van der Waals surface area (Å²) < 4.78 is 0. The highest BCUT2D eigenvalue weighted by Gasteiger charge is 2.34. The molecule has 1 aliphatic heterocycles. The number of hydrogen-bond acceptors (Lipinski definition) is 7. The van der Waals surface area contributed by atoms with E-state index < -0.39 is 16.9 Å². The zero-order valence-corrected chi connectivity index (χ0v) is 9.44. The van der Waals surface area contributed by atoms with Gasteiger partial charge in [-0.1, -0.05) is 0 Å². The minimum absolute atomic E-state index is 0.0498. The van der Waals surface area contributed by atoms with E-state index in [1.165, 1.54) is 4.90 Å². The first-order chi connectivity index (χ1) is 8.50. The summed E-state index contributed by atoms with van der Waals surface area (Å²) in [6.45, 7) is 0.477. The maximum absolute atomic E-state index is 11.3. The molecule has 1 atom stereocenters. The van der Waals surface area contributed by atoms with Crippen LogP contribution in [-0.2, 0) is 4.79 Å². The monoisotopic (exact) mass is 252 g/mol. The van der Waals surface area contributed by atoms with E-state index in [4.69, 9.17) is 11.5 Å². The van der Waals surface area contributed by atoms with Crippen LogP contribution in [0.3, 0.4) is 0 Å². The van der Waals surface area contributed by atoms with Gasteiger partial charge in [-0.25, -0.2) is 4.98 Å². The largest absolute Gasteiger partial charge is 0.368 e. The van der Waals surface area contributed by atoms with Gasteiger partial charge in [0.1, 0.15) is 12.2 Å². The third-order valence-corrected chi connectivity index (χ3v) is 2.82. The topological polar surface area (TPSA) is 141 Å². The van der Waals surface area contributed by atoms with Crippen LogP contribution in [0.5, 0.6) is 0 Å². The molecule has 0 spiro atoms. The average molecular weight is 252 g/mol. The molecule has 18 heavy (non-hydrogen) atoms. The summed E-state index contributed by atoms with van der Waals surface area (Å²) in [7, 11) is 0. The van der Waals surface area contributed by atoms with Gasteiger partial charge in [-0.05, 0) is 12.8 Å². The Bertz CT molecular complexity index is 505. The van der Waals surface area contributed by atoms with Crippen molar-refractivity contribution < 1.29 is 9.72 Å². The Balaban J connectivity index is 2.46. The van der Waals surface area contributed by atoms with Crippen LogP contribution in [0, 0.1) is 10.1 Å². The minimum Gasteiger partial charge on any atom is -0.368 e. The average Bonchev–Trinajstić information content (AvgIpc) is 2.77. The number of primary amides is 1. The summed E-state index contributed by atoms with van der Waals surface area (Å²) >= 11 is 0. The fourth-order valence-electron chi connectivity index (χ4n) is 2.04. The van der Waals surface area contributed by atoms with E-state index in [-0.39, 0.29) is 17.5 Å². The normalized spacial score (nSPS) is 18.9. The van der Waals surface area contributed by atoms with Crippen molar-refractivity contribution in [2.75, 3.05) is 17.2 Å². The molecular formula is C9H12N6O3. The highest BCUT2D eigenvalue weighted by atomic mass is 16.6. The van der Waals surface area contributed by atoms with Gasteiger partial charge >= 0.3 is 5.69 Å². The van der Waals surface area contributed by atoms with E-state index in [2.05, 4.69) is 9.97 Å². The number of anilines is 2. The van der Waals surface area contributed by atoms with Gasteiger partial charge in [0, 0.05) is 6.54 Å². The van der Waals surface area contributed by atoms with Crippen molar-refractivity contribution in [3.63, 3.8) is 0 Å². The second-order valence-corrected chi connectivity index (χ2v) is 3.95. The molecule has 0 bridgehead atoms. The lowest BCUT2D eigenvalue weighted by Crippen LogP contribution is -2.41. The van der Waals surface area contributed by atoms with Gasteiger partial charge in [0.25, 0.3) is 0 Å². The first-order valence-corrected chi connectivity index (χ1v) is 5.33. The Labute approximate surface area is 102 Å². The van der Waals surface area contributed by atoms with Crippen LogP contribution in [0.15, 0.2) is 6.20 Å². The number of nitrogens with zero attached hydrogens (tertiary/aromatic N) is 4. The molecule has 9 nitrogen and oxygen atoms in total. The molecule has 2 heterocycles. The Morgan fingerprint density at radius 1 is 1.61 bits per heavy atom. The quantitative estimate of drug-likeness (QED) is 0.541. The SMILES string of the molecule is NC(=O)C1CCCN1c1nc(N)ncc1[N+](=O)[O-]. The highest BCUT2D eigenvalue weighted by Crippen LogP contribution is 2.31. The molecule has 9 heteroatoms. The lowest BCUT2D eigenvalue weighted by atomic mass is 10.2. The smallest absolute Gasteiger partial charge is 0.329 e. The van der Waals surface area contributed by atoms with Gasteiger partial charge in [0.2, 0.25) is 17.7 Å². The summed E-state index contributed by atoms with van der Waals surface area (Å²) in [5.74, 6) is -0.557. The molecule has 1 fully saturated rings. The molecule has 0 radical (unpaired) electrons. The number of amides is 1. The van der Waals surface area contributed by atoms with E-state index in [1.54, 1.807) is 0 Å². The summed E-state index contributed by atoms with van der Waals surface area (Å²) in [5, 5.41) is 10.9. The molecule has 1 saturated heterocycles. The molecule has 1 unspecified atom stereocenters. The number of nitrogens with two attached hydrogens (primary N) is 2. The molecule has 1 aromatic rings. The summed E-state index contributed by atoms with van der Waals surface area (Å²) in [5.41, 5.74) is 10.4. The van der Waals surface area contributed by atoms with Gasteiger partial charge in [-0.2, -0.15) is 4.98 Å². The van der Waals surface area contributed by atoms with Crippen LogP contribution in [0.2, 0.25) is 0 Å². The molecule has 0 aliphatic carbocycles. The lowest BCUT2D eigenvalue weighted by molar-refractivity contribution is -0.384. The fourth-order valence-corrected chi connectivity index (χ4v) is 2.04.